The second-order valence-corrected chi connectivity index (χ2v) is 7.46. The molecular formula is C24H25FN4O. The Hall–Kier alpha value is -3.28. The lowest BCUT2D eigenvalue weighted by Gasteiger charge is -2.37. The molecule has 1 amide bonds. The number of hydrogen-bond donors (Lipinski definition) is 0. The number of rotatable bonds is 5. The van der Waals surface area contributed by atoms with Crippen LogP contribution in [-0.4, -0.2) is 47.0 Å². The maximum absolute atomic E-state index is 13.6. The standard InChI is InChI=1S/C24H25FN4O/c1-2-21(18-7-4-3-5-8-18)24(30)29-13-11-28(12-14-29)23-16-22(26-17-27-23)19-9-6-10-20(25)15-19/h3-10,15-17,21H,2,11-14H2,1H3/t21-/m1/s1. The number of piperazine rings is 1. The van der Waals surface area contributed by atoms with Crippen LogP contribution < -0.4 is 4.90 Å². The fraction of sp³-hybridized carbons (Fsp3) is 0.292. The lowest BCUT2D eigenvalue weighted by Crippen LogP contribution is -2.50. The molecule has 0 saturated carbocycles. The van der Waals surface area contributed by atoms with Crippen molar-refractivity contribution in [2.24, 2.45) is 0 Å². The second kappa shape index (κ2) is 9.03. The molecule has 1 aliphatic rings. The fourth-order valence-corrected chi connectivity index (χ4v) is 3.94. The molecule has 0 N–H and O–H groups in total. The molecule has 1 fully saturated rings. The van der Waals surface area contributed by atoms with Gasteiger partial charge in [0.1, 0.15) is 18.0 Å². The Morgan fingerprint density at radius 2 is 1.77 bits per heavy atom. The van der Waals surface area contributed by atoms with Crippen LogP contribution in [0.25, 0.3) is 11.3 Å². The molecule has 2 heterocycles. The van der Waals surface area contributed by atoms with E-state index in [1.54, 1.807) is 6.07 Å². The van der Waals surface area contributed by atoms with E-state index < -0.39 is 0 Å². The summed E-state index contributed by atoms with van der Waals surface area (Å²) in [6.45, 7) is 4.77. The van der Waals surface area contributed by atoms with Gasteiger partial charge < -0.3 is 9.80 Å². The smallest absolute Gasteiger partial charge is 0.230 e. The van der Waals surface area contributed by atoms with E-state index in [0.29, 0.717) is 31.9 Å². The Bertz CT molecular complexity index is 1000. The third-order valence-electron chi connectivity index (χ3n) is 5.60. The molecule has 5 nitrogen and oxygen atoms in total. The van der Waals surface area contributed by atoms with E-state index >= 15 is 0 Å². The number of benzene rings is 2. The average molecular weight is 404 g/mol. The zero-order valence-electron chi connectivity index (χ0n) is 17.0. The van der Waals surface area contributed by atoms with E-state index in [2.05, 4.69) is 21.8 Å². The third kappa shape index (κ3) is 4.32. The highest BCUT2D eigenvalue weighted by molar-refractivity contribution is 5.84. The van der Waals surface area contributed by atoms with Gasteiger partial charge in [-0.05, 0) is 24.1 Å². The molecule has 3 aromatic rings. The first-order valence-corrected chi connectivity index (χ1v) is 10.3. The van der Waals surface area contributed by atoms with Crippen LogP contribution in [0.5, 0.6) is 0 Å². The molecule has 0 spiro atoms. The van der Waals surface area contributed by atoms with E-state index in [-0.39, 0.29) is 17.6 Å². The van der Waals surface area contributed by atoms with Crippen LogP contribution in [0.4, 0.5) is 10.2 Å². The topological polar surface area (TPSA) is 49.3 Å². The van der Waals surface area contributed by atoms with Crippen molar-refractivity contribution in [3.05, 3.63) is 78.4 Å². The zero-order valence-corrected chi connectivity index (χ0v) is 17.0. The highest BCUT2D eigenvalue weighted by Gasteiger charge is 2.28. The summed E-state index contributed by atoms with van der Waals surface area (Å²) in [5.74, 6) is 0.595. The van der Waals surface area contributed by atoms with Crippen molar-refractivity contribution in [3.8, 4) is 11.3 Å². The molecular weight excluding hydrogens is 379 g/mol. The molecule has 0 radical (unpaired) electrons. The van der Waals surface area contributed by atoms with Crippen LogP contribution in [0.2, 0.25) is 0 Å². The summed E-state index contributed by atoms with van der Waals surface area (Å²) in [6, 6.07) is 18.3. The van der Waals surface area contributed by atoms with Crippen LogP contribution in [0.1, 0.15) is 24.8 Å². The minimum absolute atomic E-state index is 0.101. The number of nitrogens with zero attached hydrogens (tertiary/aromatic N) is 4. The first-order chi connectivity index (χ1) is 14.7. The van der Waals surface area contributed by atoms with E-state index in [1.165, 1.54) is 18.5 Å². The minimum atomic E-state index is -0.288. The molecule has 30 heavy (non-hydrogen) atoms. The number of carbonyl (C=O) groups is 1. The van der Waals surface area contributed by atoms with Crippen molar-refractivity contribution in [1.82, 2.24) is 14.9 Å². The van der Waals surface area contributed by atoms with Gasteiger partial charge in [-0.1, -0.05) is 49.4 Å². The Kier molecular flexibility index (Phi) is 6.02. The van der Waals surface area contributed by atoms with Gasteiger partial charge in [0.2, 0.25) is 5.91 Å². The number of anilines is 1. The number of hydrogen-bond acceptors (Lipinski definition) is 4. The largest absolute Gasteiger partial charge is 0.353 e. The summed E-state index contributed by atoms with van der Waals surface area (Å²) < 4.78 is 13.6. The summed E-state index contributed by atoms with van der Waals surface area (Å²) in [7, 11) is 0. The summed E-state index contributed by atoms with van der Waals surface area (Å²) >= 11 is 0. The van der Waals surface area contributed by atoms with Gasteiger partial charge in [-0.2, -0.15) is 0 Å². The minimum Gasteiger partial charge on any atom is -0.353 e. The summed E-state index contributed by atoms with van der Waals surface area (Å²) in [4.78, 5) is 25.9. The second-order valence-electron chi connectivity index (χ2n) is 7.46. The highest BCUT2D eigenvalue weighted by atomic mass is 19.1. The normalized spacial score (nSPS) is 15.1. The molecule has 1 saturated heterocycles. The van der Waals surface area contributed by atoms with E-state index in [0.717, 1.165) is 23.4 Å². The van der Waals surface area contributed by atoms with Gasteiger partial charge >= 0.3 is 0 Å². The molecule has 4 rings (SSSR count). The SMILES string of the molecule is CC[C@@H](C(=O)N1CCN(c2cc(-c3cccc(F)c3)ncn2)CC1)c1ccccc1. The van der Waals surface area contributed by atoms with E-state index in [4.69, 9.17) is 0 Å². The van der Waals surface area contributed by atoms with Crippen molar-refractivity contribution < 1.29 is 9.18 Å². The van der Waals surface area contributed by atoms with Crippen molar-refractivity contribution in [2.45, 2.75) is 19.3 Å². The molecule has 1 aliphatic heterocycles. The van der Waals surface area contributed by atoms with Gasteiger partial charge in [0, 0.05) is 37.8 Å². The Morgan fingerprint density at radius 1 is 1.00 bits per heavy atom. The highest BCUT2D eigenvalue weighted by Crippen LogP contribution is 2.25. The van der Waals surface area contributed by atoms with Gasteiger partial charge in [-0.3, -0.25) is 4.79 Å². The lowest BCUT2D eigenvalue weighted by atomic mass is 9.95. The molecule has 154 valence electrons. The quantitative estimate of drug-likeness (QED) is 0.642. The number of aromatic nitrogens is 2. The van der Waals surface area contributed by atoms with Crippen molar-refractivity contribution >= 4 is 11.7 Å². The Balaban J connectivity index is 1.43. The van der Waals surface area contributed by atoms with Crippen LogP contribution in [0.3, 0.4) is 0 Å². The molecule has 0 bridgehead atoms. The molecule has 6 heteroatoms. The van der Waals surface area contributed by atoms with E-state index in [1.807, 2.05) is 47.4 Å². The third-order valence-corrected chi connectivity index (χ3v) is 5.60. The predicted molar refractivity (Wildman–Crippen MR) is 116 cm³/mol. The summed E-state index contributed by atoms with van der Waals surface area (Å²) in [6.07, 6.45) is 2.29. The zero-order chi connectivity index (χ0) is 20.9. The van der Waals surface area contributed by atoms with Crippen LogP contribution in [-0.2, 0) is 4.79 Å². The van der Waals surface area contributed by atoms with Gasteiger partial charge in [0.05, 0.1) is 11.6 Å². The van der Waals surface area contributed by atoms with Crippen molar-refractivity contribution in [2.75, 3.05) is 31.1 Å². The number of carbonyl (C=O) groups excluding carboxylic acids is 1. The fourth-order valence-electron chi connectivity index (χ4n) is 3.94. The monoisotopic (exact) mass is 404 g/mol. The molecule has 0 unspecified atom stereocenters. The average Bonchev–Trinajstić information content (AvgIpc) is 2.80. The van der Waals surface area contributed by atoms with Gasteiger partial charge in [-0.15, -0.1) is 0 Å². The first kappa shape index (κ1) is 20.0. The van der Waals surface area contributed by atoms with Crippen LogP contribution >= 0.6 is 0 Å². The van der Waals surface area contributed by atoms with Crippen LogP contribution in [0.15, 0.2) is 67.0 Å². The number of amides is 1. The Labute approximate surface area is 176 Å². The number of halogens is 1. The summed E-state index contributed by atoms with van der Waals surface area (Å²) in [5.41, 5.74) is 2.48. The van der Waals surface area contributed by atoms with Gasteiger partial charge in [0.15, 0.2) is 0 Å². The van der Waals surface area contributed by atoms with Gasteiger partial charge in [-0.25, -0.2) is 14.4 Å². The molecule has 1 aromatic heterocycles. The molecule has 1 atom stereocenters. The first-order valence-electron chi connectivity index (χ1n) is 10.3. The summed E-state index contributed by atoms with van der Waals surface area (Å²) in [5, 5.41) is 0. The molecule has 2 aromatic carbocycles. The maximum atomic E-state index is 13.6. The van der Waals surface area contributed by atoms with Gasteiger partial charge in [0.25, 0.3) is 0 Å². The lowest BCUT2D eigenvalue weighted by molar-refractivity contribution is -0.133. The van der Waals surface area contributed by atoms with Crippen molar-refractivity contribution in [1.29, 1.82) is 0 Å². The van der Waals surface area contributed by atoms with Crippen molar-refractivity contribution in [3.63, 3.8) is 0 Å². The maximum Gasteiger partial charge on any atom is 0.230 e. The predicted octanol–water partition coefficient (Wildman–Crippen LogP) is 4.13. The molecule has 0 aliphatic carbocycles. The Morgan fingerprint density at radius 3 is 2.47 bits per heavy atom. The van der Waals surface area contributed by atoms with Crippen LogP contribution in [0, 0.1) is 5.82 Å². The van der Waals surface area contributed by atoms with E-state index in [9.17, 15) is 9.18 Å².